The monoisotopic (exact) mass is 316 g/mol. The maximum absolute atomic E-state index is 6.28. The van der Waals surface area contributed by atoms with Crippen LogP contribution in [0.2, 0.25) is 0 Å². The van der Waals surface area contributed by atoms with Crippen LogP contribution in [-0.4, -0.2) is 24.4 Å². The van der Waals surface area contributed by atoms with E-state index in [4.69, 9.17) is 14.0 Å². The van der Waals surface area contributed by atoms with Gasteiger partial charge in [-0.05, 0) is 69.1 Å². The third-order valence-corrected chi connectivity index (χ3v) is 5.17. The Bertz CT molecular complexity index is 581. The van der Waals surface area contributed by atoms with Gasteiger partial charge in [0, 0.05) is 0 Å². The molecule has 3 rings (SSSR count). The average molecular weight is 316 g/mol. The number of benzene rings is 1. The Morgan fingerprint density at radius 2 is 1.61 bits per heavy atom. The molecule has 1 saturated carbocycles. The molecule has 0 atom stereocenters. The predicted molar refractivity (Wildman–Crippen MR) is 94.5 cm³/mol. The molecule has 3 nitrogen and oxygen atoms in total. The summed E-state index contributed by atoms with van der Waals surface area (Å²) in [6.45, 7) is 15.0. The van der Waals surface area contributed by atoms with Gasteiger partial charge in [0.05, 0.1) is 17.3 Å². The molecule has 4 heteroatoms. The van der Waals surface area contributed by atoms with E-state index in [1.165, 1.54) is 5.56 Å². The molecule has 0 spiro atoms. The van der Waals surface area contributed by atoms with Crippen LogP contribution in [0.4, 0.5) is 0 Å². The molecule has 2 aliphatic rings. The summed E-state index contributed by atoms with van der Waals surface area (Å²) in [6, 6.07) is 6.35. The fourth-order valence-electron chi connectivity index (χ4n) is 2.84. The standard InChI is InChI=1S/C19H29BO3/c1-17(2,3)15-11-10-14(21-13-8-9-13)12-16(15)20-22-18(4,5)19(6,7)23-20/h10-13H,8-9H2,1-7H3. The topological polar surface area (TPSA) is 27.7 Å². The van der Waals surface area contributed by atoms with E-state index in [0.717, 1.165) is 24.1 Å². The molecule has 23 heavy (non-hydrogen) atoms. The second kappa shape index (κ2) is 5.25. The van der Waals surface area contributed by atoms with E-state index >= 15 is 0 Å². The van der Waals surface area contributed by atoms with E-state index in [0.29, 0.717) is 6.10 Å². The lowest BCUT2D eigenvalue weighted by atomic mass is 9.69. The average Bonchev–Trinajstić information content (AvgIpc) is 3.16. The first kappa shape index (κ1) is 16.8. The highest BCUT2D eigenvalue weighted by molar-refractivity contribution is 6.62. The molecule has 0 unspecified atom stereocenters. The van der Waals surface area contributed by atoms with Crippen molar-refractivity contribution in [3.05, 3.63) is 23.8 Å². The van der Waals surface area contributed by atoms with Gasteiger partial charge in [0.2, 0.25) is 0 Å². The molecule has 1 heterocycles. The first-order chi connectivity index (χ1) is 10.5. The zero-order valence-corrected chi connectivity index (χ0v) is 15.5. The summed E-state index contributed by atoms with van der Waals surface area (Å²) in [4.78, 5) is 0. The summed E-state index contributed by atoms with van der Waals surface area (Å²) in [5.74, 6) is 0.921. The van der Waals surface area contributed by atoms with Gasteiger partial charge >= 0.3 is 7.12 Å². The third kappa shape index (κ3) is 3.29. The second-order valence-electron chi connectivity index (χ2n) is 8.90. The van der Waals surface area contributed by atoms with Crippen LogP contribution >= 0.6 is 0 Å². The van der Waals surface area contributed by atoms with Gasteiger partial charge in [0.25, 0.3) is 0 Å². The Balaban J connectivity index is 1.98. The maximum Gasteiger partial charge on any atom is 0.495 e. The minimum absolute atomic E-state index is 0.0248. The molecule has 0 aromatic heterocycles. The van der Waals surface area contributed by atoms with Gasteiger partial charge in [-0.3, -0.25) is 0 Å². The molecule has 126 valence electrons. The van der Waals surface area contributed by atoms with E-state index in [1.54, 1.807) is 0 Å². The first-order valence-corrected chi connectivity index (χ1v) is 8.66. The van der Waals surface area contributed by atoms with E-state index in [-0.39, 0.29) is 23.7 Å². The predicted octanol–water partition coefficient (Wildman–Crippen LogP) is 3.82. The number of rotatable bonds is 3. The quantitative estimate of drug-likeness (QED) is 0.793. The minimum Gasteiger partial charge on any atom is -0.490 e. The van der Waals surface area contributed by atoms with Crippen molar-refractivity contribution in [1.82, 2.24) is 0 Å². The lowest BCUT2D eigenvalue weighted by molar-refractivity contribution is 0.00578. The van der Waals surface area contributed by atoms with Gasteiger partial charge in [-0.25, -0.2) is 0 Å². The van der Waals surface area contributed by atoms with Gasteiger partial charge in [-0.1, -0.05) is 26.8 Å². The SMILES string of the molecule is CC(C)(C)c1ccc(OC2CC2)cc1B1OC(C)(C)C(C)(C)O1. The van der Waals surface area contributed by atoms with Crippen LogP contribution < -0.4 is 10.2 Å². The van der Waals surface area contributed by atoms with Crippen molar-refractivity contribution in [3.63, 3.8) is 0 Å². The fraction of sp³-hybridized carbons (Fsp3) is 0.684. The van der Waals surface area contributed by atoms with Gasteiger partial charge < -0.3 is 14.0 Å². The first-order valence-electron chi connectivity index (χ1n) is 8.66. The van der Waals surface area contributed by atoms with Crippen molar-refractivity contribution in [2.45, 2.75) is 84.0 Å². The van der Waals surface area contributed by atoms with E-state index in [2.05, 4.69) is 66.7 Å². The Morgan fingerprint density at radius 1 is 1.04 bits per heavy atom. The Kier molecular flexibility index (Phi) is 3.85. The van der Waals surface area contributed by atoms with Crippen molar-refractivity contribution in [3.8, 4) is 5.75 Å². The molecular formula is C19H29BO3. The number of hydrogen-bond acceptors (Lipinski definition) is 3. The molecule has 1 aliphatic carbocycles. The highest BCUT2D eigenvalue weighted by Crippen LogP contribution is 2.38. The molecule has 0 N–H and O–H groups in total. The molecule has 0 radical (unpaired) electrons. The molecule has 1 aromatic rings. The molecule has 0 amide bonds. The Labute approximate surface area is 140 Å². The normalized spacial score (nSPS) is 23.2. The summed E-state index contributed by atoms with van der Waals surface area (Å²) in [5.41, 5.74) is 1.70. The van der Waals surface area contributed by atoms with Crippen LogP contribution in [0.5, 0.6) is 5.75 Å². The fourth-order valence-corrected chi connectivity index (χ4v) is 2.84. The second-order valence-corrected chi connectivity index (χ2v) is 8.90. The molecule has 1 aliphatic heterocycles. The summed E-state index contributed by atoms with van der Waals surface area (Å²) >= 11 is 0. The van der Waals surface area contributed by atoms with Crippen molar-refractivity contribution in [2.24, 2.45) is 0 Å². The highest BCUT2D eigenvalue weighted by Gasteiger charge is 2.52. The third-order valence-electron chi connectivity index (χ3n) is 5.17. The van der Waals surface area contributed by atoms with Crippen LogP contribution in [0.3, 0.4) is 0 Å². The summed E-state index contributed by atoms with van der Waals surface area (Å²) in [7, 11) is -0.350. The van der Waals surface area contributed by atoms with Crippen molar-refractivity contribution >= 4 is 12.6 Å². The smallest absolute Gasteiger partial charge is 0.490 e. The largest absolute Gasteiger partial charge is 0.495 e. The maximum atomic E-state index is 6.28. The van der Waals surface area contributed by atoms with Crippen LogP contribution in [0, 0.1) is 0 Å². The van der Waals surface area contributed by atoms with Crippen molar-refractivity contribution in [2.75, 3.05) is 0 Å². The lowest BCUT2D eigenvalue weighted by Gasteiger charge is -2.32. The van der Waals surface area contributed by atoms with Crippen LogP contribution in [0.1, 0.15) is 66.9 Å². The van der Waals surface area contributed by atoms with Crippen LogP contribution in [0.25, 0.3) is 0 Å². The zero-order valence-electron chi connectivity index (χ0n) is 15.5. The summed E-state index contributed by atoms with van der Waals surface area (Å²) in [5, 5.41) is 0. The molecule has 1 saturated heterocycles. The zero-order chi connectivity index (χ0) is 17.0. The Hall–Kier alpha value is -0.995. The number of hydrogen-bond donors (Lipinski definition) is 0. The van der Waals surface area contributed by atoms with E-state index in [1.807, 2.05) is 0 Å². The summed E-state index contributed by atoms with van der Waals surface area (Å²) < 4.78 is 18.6. The lowest BCUT2D eigenvalue weighted by Crippen LogP contribution is -2.41. The van der Waals surface area contributed by atoms with Gasteiger partial charge in [0.1, 0.15) is 5.75 Å². The van der Waals surface area contributed by atoms with Crippen LogP contribution in [-0.2, 0) is 14.7 Å². The van der Waals surface area contributed by atoms with Crippen LogP contribution in [0.15, 0.2) is 18.2 Å². The van der Waals surface area contributed by atoms with E-state index in [9.17, 15) is 0 Å². The van der Waals surface area contributed by atoms with E-state index < -0.39 is 0 Å². The molecule has 0 bridgehead atoms. The molecule has 1 aromatic carbocycles. The summed E-state index contributed by atoms with van der Waals surface area (Å²) in [6.07, 6.45) is 2.71. The van der Waals surface area contributed by atoms with Gasteiger partial charge in [-0.2, -0.15) is 0 Å². The van der Waals surface area contributed by atoms with Crippen molar-refractivity contribution < 1.29 is 14.0 Å². The van der Waals surface area contributed by atoms with Gasteiger partial charge in [0.15, 0.2) is 0 Å². The van der Waals surface area contributed by atoms with Crippen molar-refractivity contribution in [1.29, 1.82) is 0 Å². The Morgan fingerprint density at radius 3 is 2.09 bits per heavy atom. The highest BCUT2D eigenvalue weighted by atomic mass is 16.7. The minimum atomic E-state index is -0.350. The molecule has 2 fully saturated rings. The number of ether oxygens (including phenoxy) is 1. The molecular weight excluding hydrogens is 287 g/mol. The van der Waals surface area contributed by atoms with Gasteiger partial charge in [-0.15, -0.1) is 0 Å².